The molecule has 7 heteroatoms. The molecule has 0 aliphatic rings. The van der Waals surface area contributed by atoms with Crippen LogP contribution in [0.5, 0.6) is 5.75 Å². The molecular weight excluding hydrogens is 360 g/mol. The van der Waals surface area contributed by atoms with Crippen LogP contribution in [-0.4, -0.2) is 63.0 Å². The lowest BCUT2D eigenvalue weighted by atomic mass is 10.2. The Bertz CT molecular complexity index is 727. The predicted molar refractivity (Wildman–Crippen MR) is 111 cm³/mol. The third-order valence-electron chi connectivity index (χ3n) is 4.10. The monoisotopic (exact) mass is 388 g/mol. The van der Waals surface area contributed by atoms with Gasteiger partial charge in [0, 0.05) is 32.6 Å². The Labute approximate surface area is 165 Å². The highest BCUT2D eigenvalue weighted by atomic mass is 32.1. The number of aliphatic imine (C=N–C) groups is 1. The van der Waals surface area contributed by atoms with E-state index in [4.69, 9.17) is 9.73 Å². The van der Waals surface area contributed by atoms with Crippen molar-refractivity contribution in [3.05, 3.63) is 52.2 Å². The van der Waals surface area contributed by atoms with Crippen LogP contribution in [0.4, 0.5) is 0 Å². The maximum Gasteiger partial charge on any atom is 0.241 e. The number of nitrogens with zero attached hydrogens (tertiary/aromatic N) is 3. The number of amides is 1. The molecule has 0 unspecified atom stereocenters. The van der Waals surface area contributed by atoms with E-state index in [1.54, 1.807) is 37.4 Å². The van der Waals surface area contributed by atoms with Crippen molar-refractivity contribution in [1.82, 2.24) is 15.1 Å². The Hall–Kier alpha value is -2.54. The summed E-state index contributed by atoms with van der Waals surface area (Å²) in [5.74, 6) is 1.56. The summed E-state index contributed by atoms with van der Waals surface area (Å²) < 4.78 is 5.19. The summed E-state index contributed by atoms with van der Waals surface area (Å²) in [6.07, 6.45) is 0.943. The van der Waals surface area contributed by atoms with Gasteiger partial charge in [-0.25, -0.2) is 4.99 Å². The van der Waals surface area contributed by atoms with Gasteiger partial charge in [0.1, 0.15) is 5.75 Å². The van der Waals surface area contributed by atoms with Gasteiger partial charge < -0.3 is 19.9 Å². The average Bonchev–Trinajstić information content (AvgIpc) is 3.19. The Morgan fingerprint density at radius 1 is 1.19 bits per heavy atom. The number of methoxy groups -OCH3 is 1. The lowest BCUT2D eigenvalue weighted by molar-refractivity contribution is -0.127. The fraction of sp³-hybridized carbons (Fsp3) is 0.400. The van der Waals surface area contributed by atoms with E-state index < -0.39 is 0 Å². The molecule has 1 aromatic carbocycles. The molecule has 0 radical (unpaired) electrons. The third kappa shape index (κ3) is 6.94. The molecule has 1 aromatic heterocycles. The number of nitrogens with one attached hydrogen (secondary N) is 1. The molecule has 0 fully saturated rings. The van der Waals surface area contributed by atoms with Crippen molar-refractivity contribution in [2.24, 2.45) is 4.99 Å². The van der Waals surface area contributed by atoms with E-state index in [0.717, 1.165) is 30.2 Å². The van der Waals surface area contributed by atoms with Crippen LogP contribution in [-0.2, 0) is 17.8 Å². The first kappa shape index (κ1) is 20.8. The van der Waals surface area contributed by atoms with E-state index in [1.807, 2.05) is 31.3 Å². The molecule has 0 saturated carbocycles. The summed E-state index contributed by atoms with van der Waals surface area (Å²) in [6, 6.07) is 12.0. The minimum atomic E-state index is 0.0128. The van der Waals surface area contributed by atoms with Crippen molar-refractivity contribution in [3.8, 4) is 5.75 Å². The molecule has 1 amide bonds. The smallest absolute Gasteiger partial charge is 0.241 e. The van der Waals surface area contributed by atoms with Crippen molar-refractivity contribution >= 4 is 23.2 Å². The number of hydrogen-bond acceptors (Lipinski definition) is 4. The summed E-state index contributed by atoms with van der Waals surface area (Å²) in [5, 5.41) is 5.27. The number of carbonyl (C=O) groups excluding carboxylic acids is 1. The van der Waals surface area contributed by atoms with Crippen LogP contribution in [0.2, 0.25) is 0 Å². The fourth-order valence-corrected chi connectivity index (χ4v) is 3.06. The van der Waals surface area contributed by atoms with Gasteiger partial charge in [0.25, 0.3) is 0 Å². The lowest BCUT2D eigenvalue weighted by Gasteiger charge is -2.23. The van der Waals surface area contributed by atoms with E-state index in [2.05, 4.69) is 27.7 Å². The Balaban J connectivity index is 2.02. The van der Waals surface area contributed by atoms with Crippen LogP contribution in [0.15, 0.2) is 46.8 Å². The Kier molecular flexibility index (Phi) is 8.13. The van der Waals surface area contributed by atoms with Gasteiger partial charge in [-0.2, -0.15) is 0 Å². The van der Waals surface area contributed by atoms with Crippen LogP contribution >= 0.6 is 11.3 Å². The number of hydrogen-bond donors (Lipinski definition) is 1. The summed E-state index contributed by atoms with van der Waals surface area (Å²) in [6.45, 7) is 1.58. The number of ether oxygens (including phenoxy) is 1. The minimum absolute atomic E-state index is 0.0128. The second kappa shape index (κ2) is 10.6. The molecule has 2 rings (SSSR count). The topological polar surface area (TPSA) is 57.2 Å². The van der Waals surface area contributed by atoms with Gasteiger partial charge in [-0.15, -0.1) is 11.3 Å². The Morgan fingerprint density at radius 2 is 1.93 bits per heavy atom. The summed E-state index contributed by atoms with van der Waals surface area (Å²) in [7, 11) is 7.14. The number of rotatable bonds is 8. The summed E-state index contributed by atoms with van der Waals surface area (Å²) in [4.78, 5) is 21.6. The van der Waals surface area contributed by atoms with E-state index in [0.29, 0.717) is 6.54 Å². The van der Waals surface area contributed by atoms with Crippen molar-refractivity contribution in [3.63, 3.8) is 0 Å². The van der Waals surface area contributed by atoms with Gasteiger partial charge in [0.2, 0.25) is 5.91 Å². The van der Waals surface area contributed by atoms with Crippen molar-refractivity contribution in [1.29, 1.82) is 0 Å². The second-order valence-electron chi connectivity index (χ2n) is 6.38. The average molecular weight is 389 g/mol. The SMILES string of the molecule is COc1ccc(CN=C(NCC(=O)N(C)C)N(C)CCc2cccs2)cc1. The van der Waals surface area contributed by atoms with E-state index in [-0.39, 0.29) is 12.5 Å². The first-order valence-electron chi connectivity index (χ1n) is 8.84. The molecule has 0 spiro atoms. The van der Waals surface area contributed by atoms with Crippen LogP contribution in [0, 0.1) is 0 Å². The van der Waals surface area contributed by atoms with E-state index >= 15 is 0 Å². The van der Waals surface area contributed by atoms with Crippen LogP contribution in [0.25, 0.3) is 0 Å². The highest BCUT2D eigenvalue weighted by Crippen LogP contribution is 2.12. The van der Waals surface area contributed by atoms with E-state index in [1.165, 1.54) is 4.88 Å². The van der Waals surface area contributed by atoms with Crippen molar-refractivity contribution in [2.75, 3.05) is 41.3 Å². The second-order valence-corrected chi connectivity index (χ2v) is 7.41. The molecule has 0 aliphatic heterocycles. The molecular formula is C20H28N4O2S. The number of likely N-dealkylation sites (N-methyl/N-ethyl adjacent to an activating group) is 2. The molecule has 2 aromatic rings. The number of carbonyl (C=O) groups is 1. The van der Waals surface area contributed by atoms with Gasteiger partial charge in [0.05, 0.1) is 20.2 Å². The standard InChI is InChI=1S/C20H28N4O2S/c1-23(2)19(25)15-22-20(24(3)12-11-18-6-5-13-27-18)21-14-16-7-9-17(26-4)10-8-16/h5-10,13H,11-12,14-15H2,1-4H3,(H,21,22). The molecule has 0 atom stereocenters. The number of thiophene rings is 1. The van der Waals surface area contributed by atoms with Gasteiger partial charge in [-0.3, -0.25) is 4.79 Å². The lowest BCUT2D eigenvalue weighted by Crippen LogP contribution is -2.44. The molecule has 0 bridgehead atoms. The number of benzene rings is 1. The zero-order chi connectivity index (χ0) is 19.6. The quantitative estimate of drug-likeness (QED) is 0.558. The van der Waals surface area contributed by atoms with Crippen molar-refractivity contribution in [2.45, 2.75) is 13.0 Å². The van der Waals surface area contributed by atoms with Crippen LogP contribution in [0.1, 0.15) is 10.4 Å². The zero-order valence-electron chi connectivity index (χ0n) is 16.4. The van der Waals surface area contributed by atoms with Crippen molar-refractivity contribution < 1.29 is 9.53 Å². The molecule has 1 heterocycles. The van der Waals surface area contributed by atoms with Gasteiger partial charge >= 0.3 is 0 Å². The first-order chi connectivity index (χ1) is 13.0. The molecule has 1 N–H and O–H groups in total. The molecule has 0 aliphatic carbocycles. The fourth-order valence-electron chi connectivity index (χ4n) is 2.36. The zero-order valence-corrected chi connectivity index (χ0v) is 17.3. The maximum atomic E-state index is 11.9. The molecule has 27 heavy (non-hydrogen) atoms. The van der Waals surface area contributed by atoms with Gasteiger partial charge in [-0.1, -0.05) is 18.2 Å². The van der Waals surface area contributed by atoms with Gasteiger partial charge in [0.15, 0.2) is 5.96 Å². The van der Waals surface area contributed by atoms with E-state index in [9.17, 15) is 4.79 Å². The molecule has 6 nitrogen and oxygen atoms in total. The van der Waals surface area contributed by atoms with Crippen LogP contribution in [0.3, 0.4) is 0 Å². The third-order valence-corrected chi connectivity index (χ3v) is 5.04. The maximum absolute atomic E-state index is 11.9. The normalized spacial score (nSPS) is 11.2. The first-order valence-corrected chi connectivity index (χ1v) is 9.72. The highest BCUT2D eigenvalue weighted by molar-refractivity contribution is 7.09. The summed E-state index contributed by atoms with van der Waals surface area (Å²) >= 11 is 1.75. The van der Waals surface area contributed by atoms with Crippen LogP contribution < -0.4 is 10.1 Å². The summed E-state index contributed by atoms with van der Waals surface area (Å²) in [5.41, 5.74) is 1.08. The predicted octanol–water partition coefficient (Wildman–Crippen LogP) is 2.47. The molecule has 146 valence electrons. The highest BCUT2D eigenvalue weighted by Gasteiger charge is 2.10. The largest absolute Gasteiger partial charge is 0.497 e. The molecule has 0 saturated heterocycles. The Morgan fingerprint density at radius 3 is 2.52 bits per heavy atom. The van der Waals surface area contributed by atoms with Gasteiger partial charge in [-0.05, 0) is 35.6 Å². The number of guanidine groups is 1. The minimum Gasteiger partial charge on any atom is -0.497 e.